The summed E-state index contributed by atoms with van der Waals surface area (Å²) in [6.07, 6.45) is 1.93. The van der Waals surface area contributed by atoms with Crippen molar-refractivity contribution in [3.05, 3.63) is 46.3 Å². The second-order valence-corrected chi connectivity index (χ2v) is 5.96. The van der Waals surface area contributed by atoms with Crippen molar-refractivity contribution in [2.24, 2.45) is 0 Å². The summed E-state index contributed by atoms with van der Waals surface area (Å²) in [6.45, 7) is 6.52. The molecule has 3 nitrogen and oxygen atoms in total. The molecule has 0 aliphatic carbocycles. The molecule has 0 aliphatic heterocycles. The molecule has 106 valence electrons. The summed E-state index contributed by atoms with van der Waals surface area (Å²) < 4.78 is 0.817. The average Bonchev–Trinajstić information content (AvgIpc) is 2.39. The number of aromatic nitrogens is 2. The Bertz CT molecular complexity index is 564. The van der Waals surface area contributed by atoms with Gasteiger partial charge in [-0.1, -0.05) is 32.9 Å². The van der Waals surface area contributed by atoms with E-state index in [0.717, 1.165) is 34.8 Å². The first-order valence-corrected chi connectivity index (χ1v) is 7.78. The Balaban J connectivity index is 2.16. The lowest BCUT2D eigenvalue weighted by Crippen LogP contribution is -2.00. The van der Waals surface area contributed by atoms with E-state index in [-0.39, 0.29) is 0 Å². The predicted octanol–water partition coefficient (Wildman–Crippen LogP) is 5.06. The van der Waals surface area contributed by atoms with E-state index in [2.05, 4.69) is 76.3 Å². The number of hydrogen-bond acceptors (Lipinski definition) is 3. The van der Waals surface area contributed by atoms with Crippen LogP contribution in [0.25, 0.3) is 0 Å². The molecule has 0 radical (unpaired) electrons. The Morgan fingerprint density at radius 2 is 1.85 bits per heavy atom. The van der Waals surface area contributed by atoms with Gasteiger partial charge in [0.2, 0.25) is 0 Å². The fraction of sp³-hybridized carbons (Fsp3) is 0.375. The molecule has 0 fully saturated rings. The summed E-state index contributed by atoms with van der Waals surface area (Å²) in [4.78, 5) is 8.89. The number of nitrogens with one attached hydrogen (secondary N) is 1. The standard InChI is InChI=1S/C16H20BrN3/c1-4-5-15-19-14(17)10-16(20-15)18-13-8-6-12(7-9-13)11(2)3/h6-11H,4-5H2,1-3H3,(H,18,19,20). The van der Waals surface area contributed by atoms with Crippen molar-refractivity contribution >= 4 is 27.4 Å². The van der Waals surface area contributed by atoms with Crippen LogP contribution in [0.15, 0.2) is 34.9 Å². The Kier molecular flexibility index (Phi) is 5.12. The zero-order valence-corrected chi connectivity index (χ0v) is 13.7. The van der Waals surface area contributed by atoms with Gasteiger partial charge in [0, 0.05) is 18.2 Å². The highest BCUT2D eigenvalue weighted by Gasteiger charge is 2.04. The number of aryl methyl sites for hydroxylation is 1. The van der Waals surface area contributed by atoms with Crippen molar-refractivity contribution in [2.45, 2.75) is 39.5 Å². The quantitative estimate of drug-likeness (QED) is 0.777. The van der Waals surface area contributed by atoms with E-state index >= 15 is 0 Å². The molecule has 0 bridgehead atoms. The Morgan fingerprint density at radius 3 is 2.45 bits per heavy atom. The van der Waals surface area contributed by atoms with Crippen LogP contribution in [0.1, 0.15) is 44.5 Å². The average molecular weight is 334 g/mol. The molecule has 1 heterocycles. The summed E-state index contributed by atoms with van der Waals surface area (Å²) in [5, 5.41) is 3.33. The monoisotopic (exact) mass is 333 g/mol. The third kappa shape index (κ3) is 4.04. The van der Waals surface area contributed by atoms with Crippen LogP contribution in [0.5, 0.6) is 0 Å². The molecule has 0 unspecified atom stereocenters. The summed E-state index contributed by atoms with van der Waals surface area (Å²) in [5.74, 6) is 2.24. The van der Waals surface area contributed by atoms with E-state index in [1.165, 1.54) is 5.56 Å². The van der Waals surface area contributed by atoms with E-state index in [0.29, 0.717) is 5.92 Å². The molecule has 0 saturated carbocycles. The number of hydrogen-bond donors (Lipinski definition) is 1. The molecule has 1 N–H and O–H groups in total. The van der Waals surface area contributed by atoms with Gasteiger partial charge in [0.1, 0.15) is 16.2 Å². The highest BCUT2D eigenvalue weighted by atomic mass is 79.9. The highest BCUT2D eigenvalue weighted by Crippen LogP contribution is 2.21. The number of benzene rings is 1. The van der Waals surface area contributed by atoms with Gasteiger partial charge in [-0.15, -0.1) is 0 Å². The molecule has 0 saturated heterocycles. The summed E-state index contributed by atoms with van der Waals surface area (Å²) in [7, 11) is 0. The maximum Gasteiger partial charge on any atom is 0.135 e. The zero-order chi connectivity index (χ0) is 14.5. The van der Waals surface area contributed by atoms with Crippen molar-refractivity contribution in [2.75, 3.05) is 5.32 Å². The largest absolute Gasteiger partial charge is 0.340 e. The van der Waals surface area contributed by atoms with E-state index in [1.54, 1.807) is 0 Å². The molecule has 0 amide bonds. The van der Waals surface area contributed by atoms with Crippen molar-refractivity contribution in [1.29, 1.82) is 0 Å². The minimum Gasteiger partial charge on any atom is -0.340 e. The number of nitrogens with zero attached hydrogens (tertiary/aromatic N) is 2. The fourth-order valence-electron chi connectivity index (χ4n) is 1.96. The molecule has 20 heavy (non-hydrogen) atoms. The third-order valence-electron chi connectivity index (χ3n) is 3.06. The van der Waals surface area contributed by atoms with Crippen molar-refractivity contribution in [1.82, 2.24) is 9.97 Å². The molecule has 0 spiro atoms. The minimum atomic E-state index is 0.549. The molecule has 2 rings (SSSR count). The van der Waals surface area contributed by atoms with Crippen LogP contribution in [-0.4, -0.2) is 9.97 Å². The first-order chi connectivity index (χ1) is 9.58. The minimum absolute atomic E-state index is 0.549. The number of halogens is 1. The van der Waals surface area contributed by atoms with Crippen molar-refractivity contribution < 1.29 is 0 Å². The Hall–Kier alpha value is -1.42. The van der Waals surface area contributed by atoms with Gasteiger partial charge in [-0.05, 0) is 46.0 Å². The lowest BCUT2D eigenvalue weighted by Gasteiger charge is -2.10. The van der Waals surface area contributed by atoms with Crippen LogP contribution in [0.3, 0.4) is 0 Å². The van der Waals surface area contributed by atoms with Gasteiger partial charge in [-0.25, -0.2) is 9.97 Å². The van der Waals surface area contributed by atoms with Gasteiger partial charge >= 0.3 is 0 Å². The van der Waals surface area contributed by atoms with E-state index < -0.39 is 0 Å². The second-order valence-electron chi connectivity index (χ2n) is 5.14. The van der Waals surface area contributed by atoms with Crippen LogP contribution in [0, 0.1) is 0 Å². The summed E-state index contributed by atoms with van der Waals surface area (Å²) >= 11 is 3.44. The third-order valence-corrected chi connectivity index (χ3v) is 3.47. The molecule has 2 aromatic rings. The summed E-state index contributed by atoms with van der Waals surface area (Å²) in [6, 6.07) is 10.4. The Labute approximate surface area is 129 Å². The SMILES string of the molecule is CCCc1nc(Br)cc(Nc2ccc(C(C)C)cc2)n1. The van der Waals surface area contributed by atoms with Gasteiger partial charge in [0.15, 0.2) is 0 Å². The first-order valence-electron chi connectivity index (χ1n) is 6.99. The normalized spacial score (nSPS) is 10.8. The van der Waals surface area contributed by atoms with Gasteiger partial charge in [0.25, 0.3) is 0 Å². The zero-order valence-electron chi connectivity index (χ0n) is 12.2. The number of anilines is 2. The van der Waals surface area contributed by atoms with Crippen LogP contribution < -0.4 is 5.32 Å². The van der Waals surface area contributed by atoms with Gasteiger partial charge < -0.3 is 5.32 Å². The fourth-order valence-corrected chi connectivity index (χ4v) is 2.38. The second kappa shape index (κ2) is 6.84. The van der Waals surface area contributed by atoms with Gasteiger partial charge in [-0.3, -0.25) is 0 Å². The Morgan fingerprint density at radius 1 is 1.15 bits per heavy atom. The maximum atomic E-state index is 4.52. The van der Waals surface area contributed by atoms with Crippen LogP contribution in [0.4, 0.5) is 11.5 Å². The molecule has 1 aromatic heterocycles. The predicted molar refractivity (Wildman–Crippen MR) is 87.5 cm³/mol. The molecule has 0 atom stereocenters. The van der Waals surface area contributed by atoms with Crippen LogP contribution in [0.2, 0.25) is 0 Å². The lowest BCUT2D eigenvalue weighted by molar-refractivity contribution is 0.831. The van der Waals surface area contributed by atoms with Gasteiger partial charge in [-0.2, -0.15) is 0 Å². The van der Waals surface area contributed by atoms with Crippen molar-refractivity contribution in [3.63, 3.8) is 0 Å². The maximum absolute atomic E-state index is 4.52. The van der Waals surface area contributed by atoms with Crippen molar-refractivity contribution in [3.8, 4) is 0 Å². The first kappa shape index (κ1) is 15.0. The van der Waals surface area contributed by atoms with E-state index in [9.17, 15) is 0 Å². The summed E-state index contributed by atoms with van der Waals surface area (Å²) in [5.41, 5.74) is 2.38. The smallest absolute Gasteiger partial charge is 0.135 e. The lowest BCUT2D eigenvalue weighted by atomic mass is 10.0. The molecular weight excluding hydrogens is 314 g/mol. The molecule has 1 aromatic carbocycles. The van der Waals surface area contributed by atoms with Gasteiger partial charge in [0.05, 0.1) is 0 Å². The molecule has 0 aliphatic rings. The molecule has 4 heteroatoms. The number of rotatable bonds is 5. The topological polar surface area (TPSA) is 37.8 Å². The van der Waals surface area contributed by atoms with E-state index in [4.69, 9.17) is 0 Å². The molecular formula is C16H20BrN3. The van der Waals surface area contributed by atoms with E-state index in [1.807, 2.05) is 6.07 Å². The van der Waals surface area contributed by atoms with Crippen LogP contribution in [-0.2, 0) is 6.42 Å². The highest BCUT2D eigenvalue weighted by molar-refractivity contribution is 9.10. The van der Waals surface area contributed by atoms with Crippen LogP contribution >= 0.6 is 15.9 Å².